The lowest BCUT2D eigenvalue weighted by atomic mass is 9.90. The van der Waals surface area contributed by atoms with E-state index in [0.717, 1.165) is 37.0 Å². The Hall–Kier alpha value is -4.14. The number of nitrogens with zero attached hydrogens (tertiary/aromatic N) is 5. The Kier molecular flexibility index (Phi) is 6.94. The van der Waals surface area contributed by atoms with Gasteiger partial charge in [0.2, 0.25) is 0 Å². The number of imidazole rings is 1. The molecule has 1 fully saturated rings. The van der Waals surface area contributed by atoms with Crippen molar-refractivity contribution in [3.63, 3.8) is 0 Å². The van der Waals surface area contributed by atoms with Gasteiger partial charge in [-0.3, -0.25) is 4.57 Å². The number of fused-ring (bicyclic) bond motifs is 1. The predicted molar refractivity (Wildman–Crippen MR) is 141 cm³/mol. The van der Waals surface area contributed by atoms with Gasteiger partial charge < -0.3 is 14.4 Å². The summed E-state index contributed by atoms with van der Waals surface area (Å²) < 4.78 is 13.1. The summed E-state index contributed by atoms with van der Waals surface area (Å²) in [6.07, 6.45) is 5.45. The van der Waals surface area contributed by atoms with Crippen LogP contribution in [0.2, 0.25) is 0 Å². The highest BCUT2D eigenvalue weighted by Crippen LogP contribution is 2.25. The van der Waals surface area contributed by atoms with E-state index in [1.165, 1.54) is 14.7 Å². The molecule has 1 aliphatic heterocycles. The second kappa shape index (κ2) is 10.5. The van der Waals surface area contributed by atoms with Crippen molar-refractivity contribution in [1.82, 2.24) is 24.0 Å². The number of ether oxygens (including phenoxy) is 2. The molecule has 2 aromatic heterocycles. The first kappa shape index (κ1) is 24.5. The highest BCUT2D eigenvalue weighted by atomic mass is 16.5. The number of rotatable bonds is 6. The molecule has 3 heterocycles. The van der Waals surface area contributed by atoms with Crippen LogP contribution in [0.4, 0.5) is 4.79 Å². The number of carbonyl (C=O) groups excluding carboxylic acids is 1. The Balaban J connectivity index is 1.28. The number of likely N-dealkylation sites (tertiary alicyclic amines) is 1. The van der Waals surface area contributed by atoms with Crippen molar-refractivity contribution in [2.24, 2.45) is 13.0 Å². The molecule has 0 spiro atoms. The summed E-state index contributed by atoms with van der Waals surface area (Å²) in [5.41, 5.74) is 2.46. The molecule has 0 saturated carbocycles. The molecule has 0 N–H and O–H groups in total. The SMILES string of the molecule is COc1ccc(CCC2CCN(C(=O)n3c(=O)n(C)c4nc(-c5cccc(OC)c5)ncc43)CC2)cc1. The van der Waals surface area contributed by atoms with Crippen molar-refractivity contribution >= 4 is 17.2 Å². The smallest absolute Gasteiger partial charge is 0.338 e. The average molecular weight is 502 g/mol. The molecule has 4 aromatic rings. The fourth-order valence-electron chi connectivity index (χ4n) is 4.92. The average Bonchev–Trinajstić information content (AvgIpc) is 3.21. The second-order valence-electron chi connectivity index (χ2n) is 9.41. The molecule has 1 aliphatic rings. The van der Waals surface area contributed by atoms with Crippen LogP contribution in [-0.4, -0.2) is 57.3 Å². The van der Waals surface area contributed by atoms with Crippen molar-refractivity contribution in [2.45, 2.75) is 25.7 Å². The minimum Gasteiger partial charge on any atom is -0.497 e. The molecular formula is C28H31N5O4. The maximum absolute atomic E-state index is 13.4. The molecule has 9 nitrogen and oxygen atoms in total. The van der Waals surface area contributed by atoms with E-state index in [-0.39, 0.29) is 6.03 Å². The Labute approximate surface area is 215 Å². The molecule has 1 saturated heterocycles. The van der Waals surface area contributed by atoms with Gasteiger partial charge in [0.25, 0.3) is 0 Å². The van der Waals surface area contributed by atoms with E-state index in [2.05, 4.69) is 22.1 Å². The minimum absolute atomic E-state index is 0.318. The number of aryl methyl sites for hydroxylation is 2. The minimum atomic E-state index is -0.418. The fraction of sp³-hybridized carbons (Fsp3) is 0.357. The third kappa shape index (κ3) is 4.94. The first-order valence-corrected chi connectivity index (χ1v) is 12.5. The van der Waals surface area contributed by atoms with Gasteiger partial charge in [0.1, 0.15) is 17.0 Å². The highest BCUT2D eigenvalue weighted by Gasteiger charge is 2.27. The molecule has 9 heteroatoms. The lowest BCUT2D eigenvalue weighted by Crippen LogP contribution is -2.44. The molecule has 192 valence electrons. The number of methoxy groups -OCH3 is 2. The molecule has 37 heavy (non-hydrogen) atoms. The molecular weight excluding hydrogens is 470 g/mol. The van der Waals surface area contributed by atoms with Crippen molar-refractivity contribution < 1.29 is 14.3 Å². The predicted octanol–water partition coefficient (Wildman–Crippen LogP) is 4.13. The molecule has 5 rings (SSSR count). The molecule has 0 aliphatic carbocycles. The van der Waals surface area contributed by atoms with Crippen molar-refractivity contribution in [1.29, 1.82) is 0 Å². The number of aromatic nitrogens is 4. The Morgan fingerprint density at radius 3 is 2.46 bits per heavy atom. The summed E-state index contributed by atoms with van der Waals surface area (Å²) in [7, 11) is 4.90. The van der Waals surface area contributed by atoms with Gasteiger partial charge in [-0.15, -0.1) is 0 Å². The van der Waals surface area contributed by atoms with Gasteiger partial charge in [0.05, 0.1) is 20.4 Å². The quantitative estimate of drug-likeness (QED) is 0.395. The summed E-state index contributed by atoms with van der Waals surface area (Å²) in [6, 6.07) is 15.3. The van der Waals surface area contributed by atoms with Crippen LogP contribution in [0.3, 0.4) is 0 Å². The fourth-order valence-corrected chi connectivity index (χ4v) is 4.92. The lowest BCUT2D eigenvalue weighted by Gasteiger charge is -2.31. The monoisotopic (exact) mass is 501 g/mol. The van der Waals surface area contributed by atoms with Crippen LogP contribution in [0.5, 0.6) is 11.5 Å². The molecule has 2 aromatic carbocycles. The van der Waals surface area contributed by atoms with Gasteiger partial charge in [0.15, 0.2) is 11.5 Å². The van der Waals surface area contributed by atoms with Crippen molar-refractivity contribution in [3.8, 4) is 22.9 Å². The Bertz CT molecular complexity index is 1470. The largest absolute Gasteiger partial charge is 0.497 e. The molecule has 1 amide bonds. The number of benzene rings is 2. The van der Waals surface area contributed by atoms with E-state index in [1.807, 2.05) is 36.4 Å². The third-order valence-corrected chi connectivity index (χ3v) is 7.19. The van der Waals surface area contributed by atoms with E-state index in [1.54, 1.807) is 32.4 Å². The van der Waals surface area contributed by atoms with E-state index >= 15 is 0 Å². The first-order chi connectivity index (χ1) is 18.0. The highest BCUT2D eigenvalue weighted by molar-refractivity contribution is 5.88. The van der Waals surface area contributed by atoms with E-state index < -0.39 is 5.69 Å². The van der Waals surface area contributed by atoms with E-state index in [4.69, 9.17) is 9.47 Å². The molecule has 0 radical (unpaired) electrons. The lowest BCUT2D eigenvalue weighted by molar-refractivity contribution is 0.169. The van der Waals surface area contributed by atoms with Gasteiger partial charge in [0, 0.05) is 25.7 Å². The van der Waals surface area contributed by atoms with Crippen LogP contribution in [0, 0.1) is 5.92 Å². The summed E-state index contributed by atoms with van der Waals surface area (Å²) in [5.74, 6) is 2.56. The zero-order valence-corrected chi connectivity index (χ0v) is 21.4. The second-order valence-corrected chi connectivity index (χ2v) is 9.41. The zero-order chi connectivity index (χ0) is 25.9. The standard InChI is InChI=1S/C28H31N5O4/c1-31-26-24(18-29-25(30-26)21-5-4-6-23(17-21)37-3)33(27(31)34)28(35)32-15-13-20(14-16-32)8-7-19-9-11-22(36-2)12-10-19/h4-6,9-12,17-18,20H,7-8,13-16H2,1-3H3. The third-order valence-electron chi connectivity index (χ3n) is 7.19. The molecule has 0 bridgehead atoms. The normalized spacial score (nSPS) is 14.2. The summed E-state index contributed by atoms with van der Waals surface area (Å²) in [5, 5.41) is 0. The van der Waals surface area contributed by atoms with E-state index in [0.29, 0.717) is 41.7 Å². The number of amides is 1. The number of hydrogen-bond donors (Lipinski definition) is 0. The summed E-state index contributed by atoms with van der Waals surface area (Å²) >= 11 is 0. The van der Waals surface area contributed by atoms with Gasteiger partial charge in [-0.25, -0.2) is 24.1 Å². The van der Waals surface area contributed by atoms with Gasteiger partial charge in [-0.05, 0) is 61.4 Å². The number of carbonyl (C=O) groups is 1. The van der Waals surface area contributed by atoms with Crippen LogP contribution < -0.4 is 15.2 Å². The number of piperidine rings is 1. The van der Waals surface area contributed by atoms with Crippen LogP contribution >= 0.6 is 0 Å². The molecule has 0 unspecified atom stereocenters. The van der Waals surface area contributed by atoms with Crippen LogP contribution in [0.25, 0.3) is 22.6 Å². The number of hydrogen-bond acceptors (Lipinski definition) is 6. The summed E-state index contributed by atoms with van der Waals surface area (Å²) in [4.78, 5) is 37.3. The topological polar surface area (TPSA) is 91.5 Å². The van der Waals surface area contributed by atoms with Crippen LogP contribution in [-0.2, 0) is 13.5 Å². The zero-order valence-electron chi connectivity index (χ0n) is 21.4. The van der Waals surface area contributed by atoms with Crippen LogP contribution in [0.15, 0.2) is 59.5 Å². The maximum atomic E-state index is 13.4. The first-order valence-electron chi connectivity index (χ1n) is 12.5. The van der Waals surface area contributed by atoms with Crippen molar-refractivity contribution in [3.05, 3.63) is 70.8 Å². The maximum Gasteiger partial charge on any atom is 0.338 e. The van der Waals surface area contributed by atoms with Crippen LogP contribution in [0.1, 0.15) is 24.8 Å². The summed E-state index contributed by atoms with van der Waals surface area (Å²) in [6.45, 7) is 1.25. The molecule has 0 atom stereocenters. The van der Waals surface area contributed by atoms with Crippen molar-refractivity contribution in [2.75, 3.05) is 27.3 Å². The van der Waals surface area contributed by atoms with Gasteiger partial charge in [-0.1, -0.05) is 24.3 Å². The van der Waals surface area contributed by atoms with E-state index in [9.17, 15) is 9.59 Å². The van der Waals surface area contributed by atoms with Gasteiger partial charge in [-0.2, -0.15) is 0 Å². The van der Waals surface area contributed by atoms with Gasteiger partial charge >= 0.3 is 11.7 Å². The Morgan fingerprint density at radius 2 is 1.76 bits per heavy atom. The Morgan fingerprint density at radius 1 is 1.03 bits per heavy atom.